The lowest BCUT2D eigenvalue weighted by atomic mass is 10.1. The Kier molecular flexibility index (Phi) is 9.40. The Morgan fingerprint density at radius 2 is 1.37 bits per heavy atom. The second kappa shape index (κ2) is 13.7. The summed E-state index contributed by atoms with van der Waals surface area (Å²) in [6.45, 7) is 5.26. The van der Waals surface area contributed by atoms with Gasteiger partial charge in [-0.2, -0.15) is 0 Å². The predicted octanol–water partition coefficient (Wildman–Crippen LogP) is 8.01. The van der Waals surface area contributed by atoms with Crippen molar-refractivity contribution in [3.05, 3.63) is 138 Å². The van der Waals surface area contributed by atoms with Crippen molar-refractivity contribution in [1.29, 1.82) is 0 Å². The zero-order chi connectivity index (χ0) is 28.4. The molecule has 0 amide bonds. The molecule has 41 heavy (non-hydrogen) atoms. The van der Waals surface area contributed by atoms with Crippen LogP contribution in [0.15, 0.2) is 115 Å². The molecule has 0 aliphatic carbocycles. The Morgan fingerprint density at radius 1 is 0.756 bits per heavy atom. The zero-order valence-corrected chi connectivity index (χ0v) is 23.9. The predicted molar refractivity (Wildman–Crippen MR) is 165 cm³/mol. The third-order valence-corrected chi connectivity index (χ3v) is 7.26. The maximum atomic E-state index is 12.3. The van der Waals surface area contributed by atoms with Crippen LogP contribution in [0, 0.1) is 0 Å². The molecule has 0 radical (unpaired) electrons. The van der Waals surface area contributed by atoms with Crippen LogP contribution in [-0.4, -0.2) is 27.5 Å². The Hall–Kier alpha value is -4.48. The number of carbonyl (C=O) groups is 1. The molecular formula is C36H37N3O2. The maximum absolute atomic E-state index is 12.3. The summed E-state index contributed by atoms with van der Waals surface area (Å²) in [6, 6.07) is 39.3. The van der Waals surface area contributed by atoms with E-state index in [0.29, 0.717) is 18.7 Å². The zero-order valence-electron chi connectivity index (χ0n) is 23.9. The Balaban J connectivity index is 1.60. The van der Waals surface area contributed by atoms with Gasteiger partial charge in [0.1, 0.15) is 5.82 Å². The van der Waals surface area contributed by atoms with E-state index in [1.165, 1.54) is 18.4 Å². The van der Waals surface area contributed by atoms with Crippen LogP contribution < -0.4 is 0 Å². The summed E-state index contributed by atoms with van der Waals surface area (Å²) >= 11 is 0. The van der Waals surface area contributed by atoms with Crippen molar-refractivity contribution in [2.75, 3.05) is 7.11 Å². The van der Waals surface area contributed by atoms with Gasteiger partial charge in [0, 0.05) is 37.3 Å². The Morgan fingerprint density at radius 3 is 2.02 bits per heavy atom. The summed E-state index contributed by atoms with van der Waals surface area (Å²) in [4.78, 5) is 20.0. The Labute approximate surface area is 243 Å². The number of ether oxygens (including phenoxy) is 1. The standard InChI is InChI=1S/C36H37N3O2/c1-3-4-23-39-33(34(30-18-10-6-11-19-30)37-35(39)31-20-12-7-13-21-31)27-38(25-28-15-8-5-9-16-28)26-29-17-14-22-32(24-29)36(40)41-2/h5-22,24H,3-4,23,25-27H2,1-2H3. The number of carbonyl (C=O) groups excluding carboxylic acids is 1. The molecule has 0 atom stereocenters. The molecule has 5 rings (SSSR count). The molecule has 0 saturated carbocycles. The fourth-order valence-corrected chi connectivity index (χ4v) is 5.23. The van der Waals surface area contributed by atoms with E-state index in [-0.39, 0.29) is 5.97 Å². The highest BCUT2D eigenvalue weighted by Crippen LogP contribution is 2.32. The molecule has 4 aromatic carbocycles. The number of methoxy groups -OCH3 is 1. The van der Waals surface area contributed by atoms with Crippen molar-refractivity contribution in [2.45, 2.75) is 45.9 Å². The average molecular weight is 544 g/mol. The van der Waals surface area contributed by atoms with Crippen molar-refractivity contribution in [1.82, 2.24) is 14.5 Å². The number of hydrogen-bond acceptors (Lipinski definition) is 4. The van der Waals surface area contributed by atoms with Crippen molar-refractivity contribution in [3.8, 4) is 22.6 Å². The van der Waals surface area contributed by atoms with Crippen molar-refractivity contribution in [2.24, 2.45) is 0 Å². The molecule has 5 nitrogen and oxygen atoms in total. The van der Waals surface area contributed by atoms with Crippen molar-refractivity contribution < 1.29 is 9.53 Å². The number of esters is 1. The summed E-state index contributed by atoms with van der Waals surface area (Å²) in [5.74, 6) is 0.679. The van der Waals surface area contributed by atoms with E-state index in [1.54, 1.807) is 6.07 Å². The molecule has 0 aliphatic rings. The van der Waals surface area contributed by atoms with Gasteiger partial charge in [-0.25, -0.2) is 9.78 Å². The van der Waals surface area contributed by atoms with Gasteiger partial charge in [0.05, 0.1) is 24.1 Å². The molecule has 1 heterocycles. The van der Waals surface area contributed by atoms with Gasteiger partial charge >= 0.3 is 5.97 Å². The van der Waals surface area contributed by atoms with E-state index in [4.69, 9.17) is 9.72 Å². The molecule has 0 unspecified atom stereocenters. The highest BCUT2D eigenvalue weighted by atomic mass is 16.5. The van der Waals surface area contributed by atoms with Crippen LogP contribution >= 0.6 is 0 Å². The van der Waals surface area contributed by atoms with Crippen LogP contribution in [-0.2, 0) is 30.9 Å². The minimum Gasteiger partial charge on any atom is -0.465 e. The topological polar surface area (TPSA) is 47.4 Å². The van der Waals surface area contributed by atoms with Gasteiger partial charge in [-0.1, -0.05) is 116 Å². The van der Waals surface area contributed by atoms with Crippen molar-refractivity contribution >= 4 is 5.97 Å². The lowest BCUT2D eigenvalue weighted by Crippen LogP contribution is -2.25. The molecule has 0 aliphatic heterocycles. The minimum absolute atomic E-state index is 0.321. The molecule has 0 bridgehead atoms. The van der Waals surface area contributed by atoms with E-state index < -0.39 is 0 Å². The lowest BCUT2D eigenvalue weighted by Gasteiger charge is -2.25. The molecule has 1 aromatic heterocycles. The number of nitrogens with zero attached hydrogens (tertiary/aromatic N) is 3. The molecule has 5 aromatic rings. The van der Waals surface area contributed by atoms with Crippen LogP contribution in [0.2, 0.25) is 0 Å². The number of rotatable bonds is 12. The van der Waals surface area contributed by atoms with Gasteiger partial charge in [0.25, 0.3) is 0 Å². The van der Waals surface area contributed by atoms with E-state index in [9.17, 15) is 4.79 Å². The van der Waals surface area contributed by atoms with Gasteiger partial charge in [0.2, 0.25) is 0 Å². The van der Waals surface area contributed by atoms with Crippen LogP contribution in [0.4, 0.5) is 0 Å². The first kappa shape index (κ1) is 28.1. The number of aromatic nitrogens is 2. The van der Waals surface area contributed by atoms with E-state index in [1.807, 2.05) is 30.3 Å². The summed E-state index contributed by atoms with van der Waals surface area (Å²) in [7, 11) is 1.42. The van der Waals surface area contributed by atoms with Gasteiger partial charge < -0.3 is 9.30 Å². The molecule has 5 heteroatoms. The van der Waals surface area contributed by atoms with Crippen LogP contribution in [0.3, 0.4) is 0 Å². The molecule has 0 spiro atoms. The first-order valence-corrected chi connectivity index (χ1v) is 14.3. The summed E-state index contributed by atoms with van der Waals surface area (Å²) in [5.41, 5.74) is 7.31. The summed E-state index contributed by atoms with van der Waals surface area (Å²) < 4.78 is 7.41. The lowest BCUT2D eigenvalue weighted by molar-refractivity contribution is 0.0600. The highest BCUT2D eigenvalue weighted by molar-refractivity contribution is 5.89. The first-order chi connectivity index (χ1) is 20.2. The third kappa shape index (κ3) is 7.00. The maximum Gasteiger partial charge on any atom is 0.337 e. The average Bonchev–Trinajstić information content (AvgIpc) is 3.38. The normalized spacial score (nSPS) is 11.1. The number of imidazole rings is 1. The molecular weight excluding hydrogens is 506 g/mol. The fourth-order valence-electron chi connectivity index (χ4n) is 5.23. The largest absolute Gasteiger partial charge is 0.465 e. The monoisotopic (exact) mass is 543 g/mol. The number of unbranched alkanes of at least 4 members (excludes halogenated alkanes) is 1. The van der Waals surface area contributed by atoms with Crippen molar-refractivity contribution in [3.63, 3.8) is 0 Å². The van der Waals surface area contributed by atoms with Crippen LogP contribution in [0.25, 0.3) is 22.6 Å². The third-order valence-electron chi connectivity index (χ3n) is 7.26. The molecule has 0 saturated heterocycles. The van der Waals surface area contributed by atoms with Crippen LogP contribution in [0.1, 0.15) is 46.9 Å². The SMILES string of the molecule is CCCCn1c(-c2ccccc2)nc(-c2ccccc2)c1CN(Cc1ccccc1)Cc1cccc(C(=O)OC)c1. The quantitative estimate of drug-likeness (QED) is 0.150. The van der Waals surface area contributed by atoms with E-state index >= 15 is 0 Å². The number of benzene rings is 4. The van der Waals surface area contributed by atoms with Gasteiger partial charge in [-0.3, -0.25) is 4.90 Å². The second-order valence-corrected chi connectivity index (χ2v) is 10.3. The minimum atomic E-state index is -0.321. The molecule has 208 valence electrons. The molecule has 0 N–H and O–H groups in total. The fraction of sp³-hybridized carbons (Fsp3) is 0.222. The van der Waals surface area contributed by atoms with Gasteiger partial charge in [-0.15, -0.1) is 0 Å². The van der Waals surface area contributed by atoms with Crippen LogP contribution in [0.5, 0.6) is 0 Å². The smallest absolute Gasteiger partial charge is 0.337 e. The molecule has 0 fully saturated rings. The number of hydrogen-bond donors (Lipinski definition) is 0. The van der Waals surface area contributed by atoms with Gasteiger partial charge in [-0.05, 0) is 29.7 Å². The second-order valence-electron chi connectivity index (χ2n) is 10.3. The summed E-state index contributed by atoms with van der Waals surface area (Å²) in [5, 5.41) is 0. The highest BCUT2D eigenvalue weighted by Gasteiger charge is 2.22. The Bertz CT molecular complexity index is 1550. The van der Waals surface area contributed by atoms with E-state index in [0.717, 1.165) is 54.1 Å². The van der Waals surface area contributed by atoms with E-state index in [2.05, 4.69) is 95.3 Å². The summed E-state index contributed by atoms with van der Waals surface area (Å²) in [6.07, 6.45) is 2.16. The van der Waals surface area contributed by atoms with Gasteiger partial charge in [0.15, 0.2) is 0 Å². The first-order valence-electron chi connectivity index (χ1n) is 14.3.